The summed E-state index contributed by atoms with van der Waals surface area (Å²) in [6, 6.07) is 22.8. The maximum Gasteiger partial charge on any atom is 1.00 e. The minimum Gasteiger partial charge on any atom is -0.870 e. The molecule has 6 saturated heterocycles. The zero-order valence-electron chi connectivity index (χ0n) is 71.1. The normalized spacial score (nSPS) is 17.6. The van der Waals surface area contributed by atoms with E-state index < -0.39 is 13.1 Å². The van der Waals surface area contributed by atoms with Gasteiger partial charge in [-0.1, -0.05) is 24.3 Å². The average Bonchev–Trinajstić information content (AvgIpc) is 1.09. The number of rotatable bonds is 30. The van der Waals surface area contributed by atoms with E-state index in [1.165, 1.54) is 12.8 Å². The molecule has 6 fully saturated rings. The molecule has 70 heteroatoms. The quantitative estimate of drug-likeness (QED) is 0.0325. The second-order valence-electron chi connectivity index (χ2n) is 28.3. The number of anilines is 6. The smallest absolute Gasteiger partial charge is 0.870 e. The van der Waals surface area contributed by atoms with Crippen molar-refractivity contribution in [3.05, 3.63) is 94.8 Å². The first-order chi connectivity index (χ1) is 60.0. The van der Waals surface area contributed by atoms with E-state index in [0.29, 0.717) is 13.2 Å². The first-order valence-electron chi connectivity index (χ1n) is 38.9. The number of nitrogens with zero attached hydrogens (tertiary/aromatic N) is 17. The second kappa shape index (κ2) is 60.4. The van der Waals surface area contributed by atoms with Gasteiger partial charge in [0.15, 0.2) is 11.3 Å². The third kappa shape index (κ3) is 32.0. The van der Waals surface area contributed by atoms with E-state index in [-0.39, 0.29) is 212 Å². The number of primary amides is 1. The van der Waals surface area contributed by atoms with E-state index in [1.807, 2.05) is 33.3 Å². The number of nitrogens with two attached hydrogens (primary N) is 1. The van der Waals surface area contributed by atoms with Crippen molar-refractivity contribution in [3.63, 3.8) is 0 Å². The van der Waals surface area contributed by atoms with E-state index in [4.69, 9.17) is 46.7 Å². The van der Waals surface area contributed by atoms with Gasteiger partial charge in [-0.25, -0.2) is 29.9 Å². The average molecular weight is 2590 g/mol. The molecule has 696 valence electrons. The SMILES string of the molecule is Cc1cccc2nc(C#N)nc(N3CCCCC3c3cc4nc(N5CCC5)cc(N5CCOCC5)n4n3)c12.Cc1cccc2nc(C(N)=O)nc(N3CCCCC3c3cc4nc(N5CCC5)cc(N5CCOCC5)n4n3)c12.PP(P)P(P(P)P)P(P(P(P)P)P(P)P)P(P(P(P(P)P)P(P)P)P(P(P)P)P(P)P)P(P(P(P)P)P(P)P)P(P(P)P)P(P)P.[2H]CF.[Na+].[OH-]. The maximum atomic E-state index is 12.2. The summed E-state index contributed by atoms with van der Waals surface area (Å²) >= 11 is 0. The van der Waals surface area contributed by atoms with Crippen molar-refractivity contribution >= 4 is 442 Å². The molecule has 0 saturated carbocycles. The summed E-state index contributed by atoms with van der Waals surface area (Å²) in [5.41, 5.74) is 13.0. The Labute approximate surface area is 854 Å². The van der Waals surface area contributed by atoms with Crippen LogP contribution in [0.1, 0.15) is 104 Å². The molecule has 0 bridgehead atoms. The zero-order valence-corrected chi connectivity index (χ0v) is 120. The van der Waals surface area contributed by atoms with Gasteiger partial charge in [0.05, 0.1) is 69.5 Å². The minimum atomic E-state index is -1.00. The number of amides is 1. The standard InChI is InChI=1S/C28H33N9O2.C28H31N9O.CH3F.Na.H2O.H48P46/c1-18-6-4-7-19-25(18)28(32-27(30-19)26(29)38)36-11-3-2-8-21(36)20-16-23-31-22(34-9-5-10-34)17-24(37(23)33-20)35-12-14-39-15-13-35;1-19-6-4-7-20-27(19)28(31-23(18-29)30-20)36-11-3-2-8-22(36)21-16-25-32-24(34-9-5-10-34)17-26(37(25)33-21)35-12-14-38-15-13-35;1-2;;;1-25(2)37(26(3)4)43(38(27(5)6)28(7)8)46(44(39(29(9)10)30(11)12)40(31(13)14)32(15)16)45(41(33(17)18)34(19)20)42(35(21)22)36(23)24/h4,6-7,16-17,21H,2-3,5,8-15H2,1H3,(H2,29,38);4,6-7,16-17,22H,2-3,5,8-15H2,1H3;1H3;;1H2;1-24H2/q;;;+1;;/p-1/i;;1D;;;. The largest absolute Gasteiger partial charge is 1.00 e. The van der Waals surface area contributed by atoms with Crippen LogP contribution in [0.5, 0.6) is 0 Å². The van der Waals surface area contributed by atoms with E-state index in [9.17, 15) is 14.4 Å². The van der Waals surface area contributed by atoms with Gasteiger partial charge in [0.1, 0.15) is 41.0 Å². The molecule has 3 N–H and O–H groups in total. The van der Waals surface area contributed by atoms with E-state index in [1.54, 1.807) is 0 Å². The summed E-state index contributed by atoms with van der Waals surface area (Å²) in [6.45, 7) is 13.0. The van der Waals surface area contributed by atoms with Crippen LogP contribution in [0.4, 0.5) is 39.3 Å². The summed E-state index contributed by atoms with van der Waals surface area (Å²) in [5, 5.41) is 22.0. The molecule has 1 amide bonds. The molecule has 127 heavy (non-hydrogen) atoms. The molecule has 2 aromatic carbocycles. The van der Waals surface area contributed by atoms with Gasteiger partial charge in [0.2, 0.25) is 11.6 Å². The summed E-state index contributed by atoms with van der Waals surface area (Å²) in [4.78, 5) is 54.7. The number of nitriles is 1. The summed E-state index contributed by atoms with van der Waals surface area (Å²) in [6.07, 6.45) is 8.60. The number of fused-ring (bicyclic) bond motifs is 4. The molecule has 6 aromatic heterocycles. The maximum absolute atomic E-state index is 12.2. The molecule has 8 aromatic rings. The fraction of sp³-hybridized carbons (Fsp3) is 0.474. The Balaban J connectivity index is 0.000000212. The van der Waals surface area contributed by atoms with Crippen LogP contribution in [0.2, 0.25) is 0 Å². The number of hydrogen-bond donors (Lipinski definition) is 1. The van der Waals surface area contributed by atoms with Crippen LogP contribution in [-0.2, 0) is 9.47 Å². The molecule has 22 nitrogen and oxygen atoms in total. The topological polar surface area (TPSA) is 247 Å². The van der Waals surface area contributed by atoms with Gasteiger partial charge in [0, 0.05) is 100 Å². The molecule has 0 spiro atoms. The van der Waals surface area contributed by atoms with E-state index in [0.717, 1.165) is 208 Å². The fourth-order valence-electron chi connectivity index (χ4n) is 14.6. The number of ether oxygens (including phenoxy) is 2. The predicted molar refractivity (Wildman–Crippen MR) is 690 cm³/mol. The number of carbonyl (C=O) groups is 1. The summed E-state index contributed by atoms with van der Waals surface area (Å²) < 4.78 is 30.8. The number of morpholine rings is 2. The first kappa shape index (κ1) is 122. The van der Waals surface area contributed by atoms with Crippen molar-refractivity contribution in [2.45, 2.75) is 77.3 Å². The Morgan fingerprint density at radius 3 is 1.05 bits per heavy atom. The monoisotopic (exact) mass is 2580 g/mol. The van der Waals surface area contributed by atoms with E-state index in [2.05, 4.69) is 310 Å². The Morgan fingerprint density at radius 2 is 0.748 bits per heavy atom. The molecule has 6 aliphatic rings. The van der Waals surface area contributed by atoms with Crippen molar-refractivity contribution in [3.8, 4) is 6.07 Å². The molecule has 12 heterocycles. The Morgan fingerprint density at radius 1 is 0.433 bits per heavy atom. The van der Waals surface area contributed by atoms with Gasteiger partial charge < -0.3 is 50.1 Å². The molecule has 26 atom stereocenters. The van der Waals surface area contributed by atoms with Gasteiger partial charge in [-0.15, -0.1) is 214 Å². The van der Waals surface area contributed by atoms with Gasteiger partial charge in [-0.2, -0.15) is 24.5 Å². The van der Waals surface area contributed by atoms with Crippen molar-refractivity contribution in [2.75, 3.05) is 128 Å². The molecular weight excluding hydrogens is 2470 g/mol. The number of piperidine rings is 2. The number of carbonyl (C=O) groups excluding carboxylic acids is 1. The Bertz CT molecular complexity index is 4760. The molecule has 0 radical (unpaired) electrons. The van der Waals surface area contributed by atoms with Crippen LogP contribution >= 0.6 is 368 Å². The van der Waals surface area contributed by atoms with Crippen LogP contribution in [-0.4, -0.2) is 160 Å². The van der Waals surface area contributed by atoms with Gasteiger partial charge in [0.25, 0.3) is 5.91 Å². The number of hydrogen-bond acceptors (Lipinski definition) is 19. The van der Waals surface area contributed by atoms with Crippen molar-refractivity contribution in [1.82, 2.24) is 49.1 Å². The number of aromatic nitrogens is 10. The summed E-state index contributed by atoms with van der Waals surface area (Å²) in [7, 11) is 81.7. The Kier molecular flexibility index (Phi) is 57.8. The predicted octanol–water partition coefficient (Wildman–Crippen LogP) is 30.7. The first-order valence-corrected chi connectivity index (χ1v) is 121. The Hall–Kier alpha value is 12.7. The van der Waals surface area contributed by atoms with Crippen molar-refractivity contribution in [2.24, 2.45) is 5.73 Å². The van der Waals surface area contributed by atoms with Crippen molar-refractivity contribution < 1.29 is 55.1 Å². The summed E-state index contributed by atoms with van der Waals surface area (Å²) in [5.74, 6) is 5.34. The van der Waals surface area contributed by atoms with Crippen LogP contribution in [0, 0.1) is 25.2 Å². The fourth-order valence-corrected chi connectivity index (χ4v) is 664. The van der Waals surface area contributed by atoms with Crippen LogP contribution in [0.25, 0.3) is 33.1 Å². The zero-order chi connectivity index (χ0) is 91.6. The number of aryl methyl sites for hydroxylation is 2. The van der Waals surface area contributed by atoms with Gasteiger partial charge >= 0.3 is 29.6 Å². The third-order valence-corrected chi connectivity index (χ3v) is 334. The van der Waals surface area contributed by atoms with Gasteiger partial charge in [-0.05, 0) is 242 Å². The van der Waals surface area contributed by atoms with Crippen molar-refractivity contribution in [1.29, 1.82) is 5.26 Å². The molecule has 26 unspecified atom stereocenters. The molecular formula is C57H116FN18NaO4P46. The molecule has 14 rings (SSSR count). The van der Waals surface area contributed by atoms with Crippen LogP contribution < -0.4 is 64.7 Å². The number of halogens is 1. The minimum absolute atomic E-state index is 0. The number of benzene rings is 2. The molecule has 0 aliphatic carbocycles. The second-order valence-corrected chi connectivity index (χ2v) is 217. The third-order valence-electron chi connectivity index (χ3n) is 20.2. The van der Waals surface area contributed by atoms with Crippen LogP contribution in [0.3, 0.4) is 0 Å². The molecule has 6 aliphatic heterocycles. The van der Waals surface area contributed by atoms with Gasteiger partial charge in [-0.3, -0.25) is 9.18 Å². The van der Waals surface area contributed by atoms with E-state index >= 15 is 0 Å². The van der Waals surface area contributed by atoms with Crippen LogP contribution in [0.15, 0.2) is 60.7 Å². The number of alkyl halides is 1.